The van der Waals surface area contributed by atoms with Gasteiger partial charge in [0.2, 0.25) is 0 Å². The molecule has 78 valence electrons. The Morgan fingerprint density at radius 2 is 2.07 bits per heavy atom. The van der Waals surface area contributed by atoms with E-state index in [9.17, 15) is 0 Å². The standard InChI is InChI=1S/C11H18N2O/c1-10(9-12)13-7-8-14-11-5-3-2-4-6-11/h2-6,10,13H,7-9,12H2,1H3. The summed E-state index contributed by atoms with van der Waals surface area (Å²) in [5.74, 6) is 0.912. The van der Waals surface area contributed by atoms with Crippen molar-refractivity contribution in [1.82, 2.24) is 5.32 Å². The van der Waals surface area contributed by atoms with Gasteiger partial charge in [-0.1, -0.05) is 18.2 Å². The molecule has 0 amide bonds. The largest absolute Gasteiger partial charge is 0.492 e. The number of benzene rings is 1. The van der Waals surface area contributed by atoms with Crippen molar-refractivity contribution in [3.8, 4) is 5.75 Å². The average molecular weight is 194 g/mol. The van der Waals surface area contributed by atoms with Gasteiger partial charge < -0.3 is 15.8 Å². The molecule has 0 aliphatic carbocycles. The topological polar surface area (TPSA) is 47.3 Å². The van der Waals surface area contributed by atoms with E-state index in [0.717, 1.165) is 12.3 Å². The van der Waals surface area contributed by atoms with E-state index in [1.165, 1.54) is 0 Å². The Hall–Kier alpha value is -1.06. The molecule has 0 aliphatic heterocycles. The summed E-state index contributed by atoms with van der Waals surface area (Å²) in [5, 5.41) is 3.25. The quantitative estimate of drug-likeness (QED) is 0.664. The molecule has 1 unspecified atom stereocenters. The SMILES string of the molecule is CC(CN)NCCOc1ccccc1. The Balaban J connectivity index is 2.10. The van der Waals surface area contributed by atoms with E-state index in [-0.39, 0.29) is 0 Å². The second kappa shape index (κ2) is 6.40. The maximum absolute atomic E-state index is 5.50. The lowest BCUT2D eigenvalue weighted by molar-refractivity contribution is 0.307. The lowest BCUT2D eigenvalue weighted by atomic mass is 10.3. The number of hydrogen-bond donors (Lipinski definition) is 2. The van der Waals surface area contributed by atoms with Gasteiger partial charge in [-0.25, -0.2) is 0 Å². The van der Waals surface area contributed by atoms with Crippen LogP contribution in [0.25, 0.3) is 0 Å². The zero-order chi connectivity index (χ0) is 10.2. The minimum atomic E-state index is 0.356. The van der Waals surface area contributed by atoms with Gasteiger partial charge in [0.15, 0.2) is 0 Å². The van der Waals surface area contributed by atoms with E-state index in [0.29, 0.717) is 19.2 Å². The highest BCUT2D eigenvalue weighted by Crippen LogP contribution is 2.07. The van der Waals surface area contributed by atoms with Crippen LogP contribution in [0.4, 0.5) is 0 Å². The van der Waals surface area contributed by atoms with Crippen LogP contribution in [0.15, 0.2) is 30.3 Å². The Labute approximate surface area is 85.3 Å². The Bertz CT molecular complexity index is 238. The van der Waals surface area contributed by atoms with E-state index < -0.39 is 0 Å². The summed E-state index contributed by atoms with van der Waals surface area (Å²) < 4.78 is 5.50. The molecule has 1 aromatic rings. The van der Waals surface area contributed by atoms with Gasteiger partial charge in [0, 0.05) is 19.1 Å². The van der Waals surface area contributed by atoms with Crippen LogP contribution in [0, 0.1) is 0 Å². The predicted octanol–water partition coefficient (Wildman–Crippen LogP) is 1.00. The summed E-state index contributed by atoms with van der Waals surface area (Å²) in [4.78, 5) is 0. The van der Waals surface area contributed by atoms with E-state index >= 15 is 0 Å². The van der Waals surface area contributed by atoms with Crippen molar-refractivity contribution in [3.05, 3.63) is 30.3 Å². The van der Waals surface area contributed by atoms with E-state index in [4.69, 9.17) is 10.5 Å². The third-order valence-corrected chi connectivity index (χ3v) is 1.96. The highest BCUT2D eigenvalue weighted by Gasteiger charge is 1.96. The molecule has 0 spiro atoms. The second-order valence-electron chi connectivity index (χ2n) is 3.25. The average Bonchev–Trinajstić information content (AvgIpc) is 2.25. The molecule has 0 radical (unpaired) electrons. The van der Waals surface area contributed by atoms with Gasteiger partial charge in [-0.05, 0) is 19.1 Å². The van der Waals surface area contributed by atoms with E-state index in [1.807, 2.05) is 30.3 Å². The van der Waals surface area contributed by atoms with Gasteiger partial charge in [0.1, 0.15) is 12.4 Å². The Morgan fingerprint density at radius 1 is 1.36 bits per heavy atom. The monoisotopic (exact) mass is 194 g/mol. The third kappa shape index (κ3) is 4.25. The molecule has 0 aromatic heterocycles. The molecule has 0 saturated heterocycles. The number of nitrogens with two attached hydrogens (primary N) is 1. The first-order valence-corrected chi connectivity index (χ1v) is 4.94. The van der Waals surface area contributed by atoms with Crippen molar-refractivity contribution in [2.45, 2.75) is 13.0 Å². The predicted molar refractivity (Wildman–Crippen MR) is 58.5 cm³/mol. The molecular weight excluding hydrogens is 176 g/mol. The van der Waals surface area contributed by atoms with Crippen molar-refractivity contribution in [2.24, 2.45) is 5.73 Å². The summed E-state index contributed by atoms with van der Waals surface area (Å²) in [6.45, 7) is 4.22. The molecular formula is C11H18N2O. The van der Waals surface area contributed by atoms with Gasteiger partial charge in [-0.3, -0.25) is 0 Å². The molecule has 1 rings (SSSR count). The summed E-state index contributed by atoms with van der Waals surface area (Å²) >= 11 is 0. The molecule has 14 heavy (non-hydrogen) atoms. The molecule has 1 atom stereocenters. The molecule has 0 fully saturated rings. The highest BCUT2D eigenvalue weighted by molar-refractivity contribution is 5.20. The zero-order valence-corrected chi connectivity index (χ0v) is 8.57. The second-order valence-corrected chi connectivity index (χ2v) is 3.25. The molecule has 3 heteroatoms. The fraction of sp³-hybridized carbons (Fsp3) is 0.455. The smallest absolute Gasteiger partial charge is 0.119 e. The summed E-state index contributed by atoms with van der Waals surface area (Å²) in [7, 11) is 0. The summed E-state index contributed by atoms with van der Waals surface area (Å²) in [5.41, 5.74) is 5.46. The maximum Gasteiger partial charge on any atom is 0.119 e. The van der Waals surface area contributed by atoms with Crippen LogP contribution in [0.2, 0.25) is 0 Å². The van der Waals surface area contributed by atoms with Gasteiger partial charge in [-0.2, -0.15) is 0 Å². The number of rotatable bonds is 6. The first-order chi connectivity index (χ1) is 6.83. The fourth-order valence-electron chi connectivity index (χ4n) is 1.07. The minimum Gasteiger partial charge on any atom is -0.492 e. The molecule has 0 heterocycles. The lowest BCUT2D eigenvalue weighted by Crippen LogP contribution is -2.35. The Morgan fingerprint density at radius 3 is 2.71 bits per heavy atom. The van der Waals surface area contributed by atoms with Crippen molar-refractivity contribution < 1.29 is 4.74 Å². The third-order valence-electron chi connectivity index (χ3n) is 1.96. The Kier molecular flexibility index (Phi) is 5.04. The lowest BCUT2D eigenvalue weighted by Gasteiger charge is -2.11. The van der Waals surface area contributed by atoms with Crippen molar-refractivity contribution in [2.75, 3.05) is 19.7 Å². The fourth-order valence-corrected chi connectivity index (χ4v) is 1.07. The van der Waals surface area contributed by atoms with Crippen LogP contribution in [0.3, 0.4) is 0 Å². The summed E-state index contributed by atoms with van der Waals surface area (Å²) in [6.07, 6.45) is 0. The molecule has 0 bridgehead atoms. The van der Waals surface area contributed by atoms with Crippen LogP contribution in [0.1, 0.15) is 6.92 Å². The van der Waals surface area contributed by atoms with Gasteiger partial charge in [0.05, 0.1) is 0 Å². The number of nitrogens with one attached hydrogen (secondary N) is 1. The van der Waals surface area contributed by atoms with Crippen LogP contribution in [-0.4, -0.2) is 25.7 Å². The normalized spacial score (nSPS) is 12.4. The van der Waals surface area contributed by atoms with Crippen LogP contribution >= 0.6 is 0 Å². The molecule has 1 aromatic carbocycles. The van der Waals surface area contributed by atoms with Gasteiger partial charge in [-0.15, -0.1) is 0 Å². The molecule has 0 saturated carbocycles. The van der Waals surface area contributed by atoms with Crippen LogP contribution < -0.4 is 15.8 Å². The van der Waals surface area contributed by atoms with Crippen molar-refractivity contribution in [3.63, 3.8) is 0 Å². The number of hydrogen-bond acceptors (Lipinski definition) is 3. The van der Waals surface area contributed by atoms with E-state index in [1.54, 1.807) is 0 Å². The zero-order valence-electron chi connectivity index (χ0n) is 8.57. The van der Waals surface area contributed by atoms with Crippen LogP contribution in [0.5, 0.6) is 5.75 Å². The van der Waals surface area contributed by atoms with Gasteiger partial charge >= 0.3 is 0 Å². The summed E-state index contributed by atoms with van der Waals surface area (Å²) in [6, 6.07) is 10.2. The van der Waals surface area contributed by atoms with E-state index in [2.05, 4.69) is 12.2 Å². The highest BCUT2D eigenvalue weighted by atomic mass is 16.5. The van der Waals surface area contributed by atoms with Gasteiger partial charge in [0.25, 0.3) is 0 Å². The first-order valence-electron chi connectivity index (χ1n) is 4.94. The maximum atomic E-state index is 5.50. The molecule has 0 aliphatic rings. The van der Waals surface area contributed by atoms with Crippen LogP contribution in [-0.2, 0) is 0 Å². The first kappa shape index (κ1) is 11.0. The minimum absolute atomic E-state index is 0.356. The molecule has 3 N–H and O–H groups in total. The van der Waals surface area contributed by atoms with Crippen molar-refractivity contribution in [1.29, 1.82) is 0 Å². The number of ether oxygens (including phenoxy) is 1. The molecule has 3 nitrogen and oxygen atoms in total. The van der Waals surface area contributed by atoms with Crippen molar-refractivity contribution >= 4 is 0 Å². The number of para-hydroxylation sites is 1.